The Morgan fingerprint density at radius 2 is 2.05 bits per heavy atom. The van der Waals surface area contributed by atoms with E-state index >= 15 is 0 Å². The van der Waals surface area contributed by atoms with Gasteiger partial charge in [-0.2, -0.15) is 0 Å². The van der Waals surface area contributed by atoms with Crippen LogP contribution in [0, 0.1) is 6.92 Å². The van der Waals surface area contributed by atoms with Gasteiger partial charge in [0.15, 0.2) is 0 Å². The summed E-state index contributed by atoms with van der Waals surface area (Å²) < 4.78 is 5.20. The zero-order valence-corrected chi connectivity index (χ0v) is 12.4. The van der Waals surface area contributed by atoms with E-state index in [4.69, 9.17) is 27.9 Å². The minimum absolute atomic E-state index is 0.295. The lowest BCUT2D eigenvalue weighted by Gasteiger charge is -2.12. The lowest BCUT2D eigenvalue weighted by atomic mass is 10.2. The third kappa shape index (κ3) is 3.03. The first-order valence-electron chi connectivity index (χ1n) is 5.78. The maximum atomic E-state index is 12.2. The van der Waals surface area contributed by atoms with E-state index in [1.54, 1.807) is 18.2 Å². The fourth-order valence-electron chi connectivity index (χ4n) is 1.66. The predicted octanol–water partition coefficient (Wildman–Crippen LogP) is 3.96. The molecular formula is C14H12Cl2N2O2. The number of aromatic nitrogens is 1. The summed E-state index contributed by atoms with van der Waals surface area (Å²) in [6.45, 7) is 1.84. The van der Waals surface area contributed by atoms with Crippen molar-refractivity contribution in [2.45, 2.75) is 6.92 Å². The number of benzene rings is 1. The minimum atomic E-state index is -0.358. The number of carbonyl (C=O) groups excluding carboxylic acids is 1. The molecule has 4 nitrogen and oxygen atoms in total. The first kappa shape index (κ1) is 14.6. The van der Waals surface area contributed by atoms with Crippen molar-refractivity contribution in [2.24, 2.45) is 0 Å². The van der Waals surface area contributed by atoms with Gasteiger partial charge in [-0.25, -0.2) is 0 Å². The molecule has 0 saturated carbocycles. The zero-order valence-electron chi connectivity index (χ0n) is 10.9. The van der Waals surface area contributed by atoms with Gasteiger partial charge in [0.2, 0.25) is 0 Å². The molecule has 2 aromatic rings. The number of aryl methyl sites for hydroxylation is 1. The number of hydrogen-bond acceptors (Lipinski definition) is 3. The number of ether oxygens (including phenoxy) is 1. The Labute approximate surface area is 126 Å². The van der Waals surface area contributed by atoms with Gasteiger partial charge in [-0.15, -0.1) is 0 Å². The van der Waals surface area contributed by atoms with Crippen molar-refractivity contribution >= 4 is 34.8 Å². The normalized spacial score (nSPS) is 10.2. The molecule has 104 valence electrons. The molecule has 0 aliphatic heterocycles. The molecule has 0 atom stereocenters. The van der Waals surface area contributed by atoms with Crippen LogP contribution in [-0.2, 0) is 0 Å². The second kappa shape index (κ2) is 6.11. The van der Waals surface area contributed by atoms with E-state index in [-0.39, 0.29) is 5.91 Å². The van der Waals surface area contributed by atoms with E-state index in [1.165, 1.54) is 19.5 Å². The SMILES string of the molecule is COc1cc(Cl)c(C)cc1NC(=O)c1cnccc1Cl. The summed E-state index contributed by atoms with van der Waals surface area (Å²) >= 11 is 12.0. The van der Waals surface area contributed by atoms with Crippen LogP contribution < -0.4 is 10.1 Å². The molecular weight excluding hydrogens is 299 g/mol. The van der Waals surface area contributed by atoms with Crippen LogP contribution in [0.15, 0.2) is 30.6 Å². The van der Waals surface area contributed by atoms with Gasteiger partial charge < -0.3 is 10.1 Å². The van der Waals surface area contributed by atoms with Gasteiger partial charge in [0.1, 0.15) is 5.75 Å². The van der Waals surface area contributed by atoms with Crippen LogP contribution in [-0.4, -0.2) is 18.0 Å². The Morgan fingerprint density at radius 3 is 2.70 bits per heavy atom. The number of nitrogens with zero attached hydrogens (tertiary/aromatic N) is 1. The summed E-state index contributed by atoms with van der Waals surface area (Å²) in [6.07, 6.45) is 2.93. The summed E-state index contributed by atoms with van der Waals surface area (Å²) in [5.41, 5.74) is 1.66. The predicted molar refractivity (Wildman–Crippen MR) is 79.9 cm³/mol. The highest BCUT2D eigenvalue weighted by Crippen LogP contribution is 2.31. The lowest BCUT2D eigenvalue weighted by Crippen LogP contribution is -2.13. The largest absolute Gasteiger partial charge is 0.495 e. The van der Waals surface area contributed by atoms with Crippen LogP contribution in [0.3, 0.4) is 0 Å². The molecule has 2 rings (SSSR count). The standard InChI is InChI=1S/C14H12Cl2N2O2/c1-8-5-12(13(20-2)6-11(8)16)18-14(19)9-7-17-4-3-10(9)15/h3-7H,1-2H3,(H,18,19). The van der Waals surface area contributed by atoms with Crippen molar-refractivity contribution in [3.05, 3.63) is 51.8 Å². The number of anilines is 1. The van der Waals surface area contributed by atoms with E-state index < -0.39 is 0 Å². The van der Waals surface area contributed by atoms with Gasteiger partial charge >= 0.3 is 0 Å². The Morgan fingerprint density at radius 1 is 1.30 bits per heavy atom. The maximum Gasteiger partial charge on any atom is 0.258 e. The second-order valence-corrected chi connectivity index (χ2v) is 4.93. The van der Waals surface area contributed by atoms with Crippen LogP contribution in [0.25, 0.3) is 0 Å². The molecule has 0 spiro atoms. The van der Waals surface area contributed by atoms with E-state index in [2.05, 4.69) is 10.3 Å². The van der Waals surface area contributed by atoms with Crippen molar-refractivity contribution in [2.75, 3.05) is 12.4 Å². The molecule has 0 fully saturated rings. The molecule has 0 bridgehead atoms. The van der Waals surface area contributed by atoms with Gasteiger partial charge in [-0.1, -0.05) is 23.2 Å². The minimum Gasteiger partial charge on any atom is -0.495 e. The summed E-state index contributed by atoms with van der Waals surface area (Å²) in [4.78, 5) is 16.1. The van der Waals surface area contributed by atoms with Gasteiger partial charge in [0.25, 0.3) is 5.91 Å². The number of pyridine rings is 1. The van der Waals surface area contributed by atoms with Gasteiger partial charge in [-0.05, 0) is 24.6 Å². The molecule has 20 heavy (non-hydrogen) atoms. The number of amides is 1. The molecule has 1 aromatic heterocycles. The van der Waals surface area contributed by atoms with Crippen LogP contribution in [0.2, 0.25) is 10.0 Å². The quantitative estimate of drug-likeness (QED) is 0.933. The Hall–Kier alpha value is -1.78. The van der Waals surface area contributed by atoms with Crippen molar-refractivity contribution in [3.8, 4) is 5.75 Å². The van der Waals surface area contributed by atoms with Gasteiger partial charge in [0, 0.05) is 23.5 Å². The maximum absolute atomic E-state index is 12.2. The third-order valence-electron chi connectivity index (χ3n) is 2.74. The van der Waals surface area contributed by atoms with Gasteiger partial charge in [-0.3, -0.25) is 9.78 Å². The molecule has 0 radical (unpaired) electrons. The van der Waals surface area contributed by atoms with Crippen LogP contribution in [0.5, 0.6) is 5.75 Å². The molecule has 0 aliphatic carbocycles. The molecule has 1 heterocycles. The molecule has 0 unspecified atom stereocenters. The Kier molecular flexibility index (Phi) is 4.47. The fourth-order valence-corrected chi connectivity index (χ4v) is 2.01. The first-order chi connectivity index (χ1) is 9.52. The van der Waals surface area contributed by atoms with Crippen molar-refractivity contribution in [3.63, 3.8) is 0 Å². The number of nitrogens with one attached hydrogen (secondary N) is 1. The number of halogens is 2. The van der Waals surface area contributed by atoms with E-state index in [1.807, 2.05) is 6.92 Å². The summed E-state index contributed by atoms with van der Waals surface area (Å²) in [7, 11) is 1.51. The Balaban J connectivity index is 2.33. The van der Waals surface area contributed by atoms with Crippen molar-refractivity contribution in [1.29, 1.82) is 0 Å². The van der Waals surface area contributed by atoms with Crippen molar-refractivity contribution in [1.82, 2.24) is 4.98 Å². The topological polar surface area (TPSA) is 51.2 Å². The zero-order chi connectivity index (χ0) is 14.7. The van der Waals surface area contributed by atoms with E-state index in [9.17, 15) is 4.79 Å². The highest BCUT2D eigenvalue weighted by Gasteiger charge is 2.14. The third-order valence-corrected chi connectivity index (χ3v) is 3.48. The summed E-state index contributed by atoms with van der Waals surface area (Å²) in [5.74, 6) is 0.122. The number of carbonyl (C=O) groups is 1. The molecule has 1 N–H and O–H groups in total. The lowest BCUT2D eigenvalue weighted by molar-refractivity contribution is 0.102. The number of hydrogen-bond donors (Lipinski definition) is 1. The van der Waals surface area contributed by atoms with E-state index in [0.717, 1.165) is 5.56 Å². The molecule has 0 saturated heterocycles. The Bertz CT molecular complexity index is 660. The van der Waals surface area contributed by atoms with Crippen LogP contribution in [0.1, 0.15) is 15.9 Å². The average molecular weight is 311 g/mol. The summed E-state index contributed by atoms with van der Waals surface area (Å²) in [5, 5.41) is 3.64. The smallest absolute Gasteiger partial charge is 0.258 e. The molecule has 1 aromatic carbocycles. The monoisotopic (exact) mass is 310 g/mol. The van der Waals surface area contributed by atoms with E-state index in [0.29, 0.717) is 27.0 Å². The van der Waals surface area contributed by atoms with Crippen molar-refractivity contribution < 1.29 is 9.53 Å². The highest BCUT2D eigenvalue weighted by molar-refractivity contribution is 6.34. The molecule has 0 aliphatic rings. The fraction of sp³-hybridized carbons (Fsp3) is 0.143. The summed E-state index contributed by atoms with van der Waals surface area (Å²) in [6, 6.07) is 4.95. The van der Waals surface area contributed by atoms with Crippen LogP contribution >= 0.6 is 23.2 Å². The highest BCUT2D eigenvalue weighted by atomic mass is 35.5. The molecule has 1 amide bonds. The van der Waals surface area contributed by atoms with Gasteiger partial charge in [0.05, 0.1) is 23.4 Å². The first-order valence-corrected chi connectivity index (χ1v) is 6.53. The average Bonchev–Trinajstić information content (AvgIpc) is 2.43. The number of rotatable bonds is 3. The second-order valence-electron chi connectivity index (χ2n) is 4.11. The van der Waals surface area contributed by atoms with Crippen LogP contribution in [0.4, 0.5) is 5.69 Å². The molecule has 6 heteroatoms. The number of methoxy groups -OCH3 is 1.